The quantitative estimate of drug-likeness (QED) is 0.502. The van der Waals surface area contributed by atoms with Crippen LogP contribution in [0.3, 0.4) is 0 Å². The molecule has 2 rings (SSSR count). The van der Waals surface area contributed by atoms with Crippen LogP contribution in [0.5, 0.6) is 0 Å². The minimum Gasteiger partial charge on any atom is -0.131 e. The zero-order valence-electron chi connectivity index (χ0n) is 8.73. The average Bonchev–Trinajstić information content (AvgIpc) is 2.93. The fourth-order valence-corrected chi connectivity index (χ4v) is 4.53. The van der Waals surface area contributed by atoms with E-state index in [1.807, 2.05) is 0 Å². The number of hydrogen-bond donors (Lipinski definition) is 2. The SMILES string of the molecule is Sc1nnc(SCC#CCSc2nnc(S)s2)s1. The molecule has 10 heteroatoms. The van der Waals surface area contributed by atoms with E-state index < -0.39 is 0 Å². The van der Waals surface area contributed by atoms with E-state index in [0.717, 1.165) is 8.68 Å². The second-order valence-electron chi connectivity index (χ2n) is 2.63. The molecule has 0 saturated heterocycles. The number of nitrogens with zero attached hydrogens (tertiary/aromatic N) is 4. The molecule has 0 fully saturated rings. The van der Waals surface area contributed by atoms with Gasteiger partial charge in [0.25, 0.3) is 0 Å². The number of thiol groups is 2. The predicted molar refractivity (Wildman–Crippen MR) is 83.5 cm³/mol. The first-order valence-corrected chi connectivity index (χ1v) is 9.00. The zero-order valence-corrected chi connectivity index (χ0v) is 13.8. The monoisotopic (exact) mass is 350 g/mol. The summed E-state index contributed by atoms with van der Waals surface area (Å²) in [5, 5.41) is 15.5. The Morgan fingerprint density at radius 2 is 1.28 bits per heavy atom. The van der Waals surface area contributed by atoms with Gasteiger partial charge in [-0.15, -0.1) is 45.7 Å². The summed E-state index contributed by atoms with van der Waals surface area (Å²) in [5.74, 6) is 7.54. The van der Waals surface area contributed by atoms with Crippen LogP contribution in [-0.4, -0.2) is 31.9 Å². The highest BCUT2D eigenvalue weighted by Crippen LogP contribution is 2.24. The van der Waals surface area contributed by atoms with Gasteiger partial charge in [0.2, 0.25) is 0 Å². The van der Waals surface area contributed by atoms with Crippen molar-refractivity contribution in [1.29, 1.82) is 0 Å². The molecule has 0 spiro atoms. The van der Waals surface area contributed by atoms with Gasteiger partial charge < -0.3 is 0 Å². The maximum Gasteiger partial charge on any atom is 0.176 e. The van der Waals surface area contributed by atoms with Crippen LogP contribution in [0, 0.1) is 11.8 Å². The van der Waals surface area contributed by atoms with E-state index in [0.29, 0.717) is 20.2 Å². The van der Waals surface area contributed by atoms with Crippen LogP contribution >= 0.6 is 71.5 Å². The van der Waals surface area contributed by atoms with Crippen LogP contribution in [0.2, 0.25) is 0 Å². The highest BCUT2D eigenvalue weighted by molar-refractivity contribution is 8.01. The molecule has 4 nitrogen and oxygen atoms in total. The minimum absolute atomic E-state index is 0.680. The number of thioether (sulfide) groups is 2. The molecule has 0 unspecified atom stereocenters. The third-order valence-electron chi connectivity index (χ3n) is 1.45. The van der Waals surface area contributed by atoms with Crippen molar-refractivity contribution in [2.45, 2.75) is 17.4 Å². The van der Waals surface area contributed by atoms with Crippen LogP contribution in [0.1, 0.15) is 0 Å². The van der Waals surface area contributed by atoms with Crippen molar-refractivity contribution >= 4 is 71.5 Å². The van der Waals surface area contributed by atoms with Crippen molar-refractivity contribution in [3.8, 4) is 11.8 Å². The fraction of sp³-hybridized carbons (Fsp3) is 0.250. The van der Waals surface area contributed by atoms with Crippen LogP contribution in [0.4, 0.5) is 0 Å². The molecule has 0 amide bonds. The van der Waals surface area contributed by atoms with E-state index in [1.165, 1.54) is 22.7 Å². The molecular weight excluding hydrogens is 345 g/mol. The summed E-state index contributed by atoms with van der Waals surface area (Å²) in [6.45, 7) is 0. The standard InChI is InChI=1S/C8H6N4S6/c13-5-9-11-7(17-5)15-3-1-2-4-16-8-12-10-6(14)18-8/h3-4H2,(H,9,13)(H,10,14). The third-order valence-corrected chi connectivity index (χ3v) is 5.66. The number of rotatable bonds is 4. The Morgan fingerprint density at radius 1 is 0.833 bits per heavy atom. The number of hydrogen-bond acceptors (Lipinski definition) is 10. The molecule has 0 atom stereocenters. The Bertz CT molecular complexity index is 519. The molecule has 0 aliphatic rings. The van der Waals surface area contributed by atoms with Gasteiger partial charge in [0.05, 0.1) is 11.5 Å². The maximum absolute atomic E-state index is 4.10. The lowest BCUT2D eigenvalue weighted by molar-refractivity contribution is 0.958. The average molecular weight is 351 g/mol. The summed E-state index contributed by atoms with van der Waals surface area (Å²) in [4.78, 5) is 0. The molecule has 2 heterocycles. The lowest BCUT2D eigenvalue weighted by Crippen LogP contribution is -1.76. The van der Waals surface area contributed by atoms with Crippen LogP contribution < -0.4 is 0 Å². The normalized spacial score (nSPS) is 10.1. The first-order chi connectivity index (χ1) is 8.74. The van der Waals surface area contributed by atoms with Gasteiger partial charge >= 0.3 is 0 Å². The van der Waals surface area contributed by atoms with E-state index in [9.17, 15) is 0 Å². The minimum atomic E-state index is 0.680. The van der Waals surface area contributed by atoms with Gasteiger partial charge in [0.1, 0.15) is 0 Å². The van der Waals surface area contributed by atoms with E-state index in [-0.39, 0.29) is 0 Å². The summed E-state index contributed by atoms with van der Waals surface area (Å²) in [5.41, 5.74) is 0. The Labute approximate surface area is 132 Å². The molecule has 0 aromatic carbocycles. The molecule has 0 bridgehead atoms. The molecular formula is C8H6N4S6. The molecule has 94 valence electrons. The first kappa shape index (κ1) is 14.5. The lowest BCUT2D eigenvalue weighted by atomic mass is 10.7. The van der Waals surface area contributed by atoms with E-state index in [2.05, 4.69) is 57.5 Å². The maximum atomic E-state index is 4.10. The summed E-state index contributed by atoms with van der Waals surface area (Å²) in [7, 11) is 0. The molecule has 0 N–H and O–H groups in total. The first-order valence-electron chi connectivity index (χ1n) is 4.50. The molecule has 2 aromatic rings. The predicted octanol–water partition coefficient (Wildman–Crippen LogP) is 2.85. The molecule has 0 aliphatic heterocycles. The Morgan fingerprint density at radius 3 is 1.61 bits per heavy atom. The highest BCUT2D eigenvalue weighted by Gasteiger charge is 2.00. The van der Waals surface area contributed by atoms with E-state index in [1.54, 1.807) is 23.5 Å². The third kappa shape index (κ3) is 4.99. The van der Waals surface area contributed by atoms with E-state index in [4.69, 9.17) is 0 Å². The molecule has 18 heavy (non-hydrogen) atoms. The van der Waals surface area contributed by atoms with E-state index >= 15 is 0 Å². The van der Waals surface area contributed by atoms with Crippen molar-refractivity contribution in [3.05, 3.63) is 0 Å². The smallest absolute Gasteiger partial charge is 0.131 e. The van der Waals surface area contributed by atoms with Gasteiger partial charge in [-0.3, -0.25) is 0 Å². The van der Waals surface area contributed by atoms with Gasteiger partial charge in [-0.25, -0.2) is 0 Å². The second-order valence-corrected chi connectivity index (χ2v) is 8.48. The zero-order chi connectivity index (χ0) is 12.8. The Balaban J connectivity index is 1.67. The summed E-state index contributed by atoms with van der Waals surface area (Å²) < 4.78 is 3.15. The van der Waals surface area contributed by atoms with Crippen LogP contribution in [0.15, 0.2) is 17.4 Å². The molecule has 0 aliphatic carbocycles. The summed E-state index contributed by atoms with van der Waals surface area (Å²) >= 11 is 14.3. The largest absolute Gasteiger partial charge is 0.176 e. The Hall–Kier alpha value is 0.0800. The van der Waals surface area contributed by atoms with Gasteiger partial charge in [-0.05, 0) is 0 Å². The van der Waals surface area contributed by atoms with Crippen molar-refractivity contribution in [2.24, 2.45) is 0 Å². The van der Waals surface area contributed by atoms with Gasteiger partial charge in [0, 0.05) is 0 Å². The van der Waals surface area contributed by atoms with Gasteiger partial charge in [0.15, 0.2) is 17.4 Å². The highest BCUT2D eigenvalue weighted by atomic mass is 32.2. The fourth-order valence-electron chi connectivity index (χ4n) is 0.819. The van der Waals surface area contributed by atoms with Gasteiger partial charge in [-0.1, -0.05) is 58.0 Å². The van der Waals surface area contributed by atoms with Crippen molar-refractivity contribution in [1.82, 2.24) is 20.4 Å². The van der Waals surface area contributed by atoms with Crippen molar-refractivity contribution in [3.63, 3.8) is 0 Å². The lowest BCUT2D eigenvalue weighted by Gasteiger charge is -1.87. The Kier molecular flexibility index (Phi) is 6.13. The number of aromatic nitrogens is 4. The topological polar surface area (TPSA) is 51.6 Å². The second kappa shape index (κ2) is 7.62. The molecule has 2 aromatic heterocycles. The summed E-state index contributed by atoms with van der Waals surface area (Å²) in [6, 6.07) is 0. The van der Waals surface area contributed by atoms with Crippen molar-refractivity contribution in [2.75, 3.05) is 11.5 Å². The van der Waals surface area contributed by atoms with Crippen LogP contribution in [0.25, 0.3) is 0 Å². The molecule has 0 radical (unpaired) electrons. The van der Waals surface area contributed by atoms with Crippen LogP contribution in [-0.2, 0) is 0 Å². The van der Waals surface area contributed by atoms with Crippen molar-refractivity contribution < 1.29 is 0 Å². The summed E-state index contributed by atoms with van der Waals surface area (Å²) in [6.07, 6.45) is 0. The van der Waals surface area contributed by atoms with Gasteiger partial charge in [-0.2, -0.15) is 0 Å². The molecule has 0 saturated carbocycles.